The molecule has 94 valence electrons. The highest BCUT2D eigenvalue weighted by Crippen LogP contribution is 2.24. The summed E-state index contributed by atoms with van der Waals surface area (Å²) in [7, 11) is 1.63. The summed E-state index contributed by atoms with van der Waals surface area (Å²) in [5.74, 6) is 1.52. The first-order chi connectivity index (χ1) is 8.06. The van der Waals surface area contributed by atoms with E-state index in [1.54, 1.807) is 7.11 Å². The van der Waals surface area contributed by atoms with Gasteiger partial charge >= 0.3 is 0 Å². The van der Waals surface area contributed by atoms with Gasteiger partial charge in [-0.2, -0.15) is 0 Å². The van der Waals surface area contributed by atoms with E-state index < -0.39 is 0 Å². The largest absolute Gasteiger partial charge is 0.496 e. The van der Waals surface area contributed by atoms with Gasteiger partial charge in [0.25, 0.3) is 0 Å². The molecule has 1 atom stereocenters. The summed E-state index contributed by atoms with van der Waals surface area (Å²) < 4.78 is 6.24. The van der Waals surface area contributed by atoms with Crippen molar-refractivity contribution < 1.29 is 9.53 Å². The predicted octanol–water partition coefficient (Wildman–Crippen LogP) is 4.01. The van der Waals surface area contributed by atoms with Crippen molar-refractivity contribution in [2.24, 2.45) is 5.92 Å². The van der Waals surface area contributed by atoms with Crippen LogP contribution in [0.1, 0.15) is 32.3 Å². The summed E-state index contributed by atoms with van der Waals surface area (Å²) in [6.45, 7) is 4.22. The van der Waals surface area contributed by atoms with Crippen LogP contribution in [0.25, 0.3) is 0 Å². The summed E-state index contributed by atoms with van der Waals surface area (Å²) in [5.41, 5.74) is 0.954. The Balaban J connectivity index is 2.73. The molecule has 0 aliphatic carbocycles. The lowest BCUT2D eigenvalue weighted by Crippen LogP contribution is -2.08. The summed E-state index contributed by atoms with van der Waals surface area (Å²) in [4.78, 5) is 11.9. The van der Waals surface area contributed by atoms with E-state index >= 15 is 0 Å². The molecular formula is C14H19BrO2. The van der Waals surface area contributed by atoms with Gasteiger partial charge in [0.1, 0.15) is 11.5 Å². The molecule has 17 heavy (non-hydrogen) atoms. The lowest BCUT2D eigenvalue weighted by atomic mass is 9.98. The molecule has 0 bridgehead atoms. The molecule has 3 heteroatoms. The predicted molar refractivity (Wildman–Crippen MR) is 73.5 cm³/mol. The zero-order valence-electron chi connectivity index (χ0n) is 10.6. The smallest absolute Gasteiger partial charge is 0.137 e. The Morgan fingerprint density at radius 2 is 2.18 bits per heavy atom. The number of rotatable bonds is 6. The first kappa shape index (κ1) is 14.2. The number of carbonyl (C=O) groups is 1. The SMILES string of the molecule is CCC(C)CC(=O)Cc1cc(Br)ccc1OC. The van der Waals surface area contributed by atoms with Crippen LogP contribution in [-0.2, 0) is 11.2 Å². The third-order valence-corrected chi connectivity index (χ3v) is 3.40. The van der Waals surface area contributed by atoms with Gasteiger partial charge in [0.05, 0.1) is 7.11 Å². The molecule has 0 radical (unpaired) electrons. The Labute approximate surface area is 111 Å². The van der Waals surface area contributed by atoms with Gasteiger partial charge in [0.15, 0.2) is 0 Å². The van der Waals surface area contributed by atoms with Crippen molar-refractivity contribution in [2.75, 3.05) is 7.11 Å². The number of methoxy groups -OCH3 is 1. The molecular weight excluding hydrogens is 280 g/mol. The van der Waals surface area contributed by atoms with Crippen LogP contribution in [0.4, 0.5) is 0 Å². The monoisotopic (exact) mass is 298 g/mol. The van der Waals surface area contributed by atoms with Crippen LogP contribution >= 0.6 is 15.9 Å². The minimum absolute atomic E-state index is 0.274. The second kappa shape index (κ2) is 6.80. The third kappa shape index (κ3) is 4.50. The Morgan fingerprint density at radius 3 is 2.76 bits per heavy atom. The van der Waals surface area contributed by atoms with Crippen LogP contribution in [0.2, 0.25) is 0 Å². The number of halogens is 1. The average Bonchev–Trinajstić information content (AvgIpc) is 2.29. The number of hydrogen-bond acceptors (Lipinski definition) is 2. The molecule has 1 unspecified atom stereocenters. The molecule has 1 aromatic carbocycles. The molecule has 0 fully saturated rings. The van der Waals surface area contributed by atoms with Gasteiger partial charge in [-0.3, -0.25) is 4.79 Å². The highest BCUT2D eigenvalue weighted by Gasteiger charge is 2.12. The molecule has 0 N–H and O–H groups in total. The van der Waals surface area contributed by atoms with E-state index in [1.807, 2.05) is 18.2 Å². The fraction of sp³-hybridized carbons (Fsp3) is 0.500. The number of ketones is 1. The van der Waals surface area contributed by atoms with Gasteiger partial charge in [0.2, 0.25) is 0 Å². The van der Waals surface area contributed by atoms with Crippen molar-refractivity contribution in [3.63, 3.8) is 0 Å². The minimum atomic E-state index is 0.274. The summed E-state index contributed by atoms with van der Waals surface area (Å²) in [6, 6.07) is 5.75. The topological polar surface area (TPSA) is 26.3 Å². The van der Waals surface area contributed by atoms with Gasteiger partial charge in [-0.05, 0) is 24.1 Å². The van der Waals surface area contributed by atoms with Crippen molar-refractivity contribution in [3.05, 3.63) is 28.2 Å². The van der Waals surface area contributed by atoms with E-state index in [-0.39, 0.29) is 5.78 Å². The molecule has 0 heterocycles. The van der Waals surface area contributed by atoms with Gasteiger partial charge < -0.3 is 4.74 Å². The van der Waals surface area contributed by atoms with E-state index in [2.05, 4.69) is 29.8 Å². The molecule has 0 aromatic heterocycles. The van der Waals surface area contributed by atoms with Crippen LogP contribution in [0.3, 0.4) is 0 Å². The fourth-order valence-electron chi connectivity index (χ4n) is 1.70. The highest BCUT2D eigenvalue weighted by atomic mass is 79.9. The van der Waals surface area contributed by atoms with Crippen LogP contribution in [0, 0.1) is 5.92 Å². The Kier molecular flexibility index (Phi) is 5.69. The van der Waals surface area contributed by atoms with Gasteiger partial charge in [-0.15, -0.1) is 0 Å². The third-order valence-electron chi connectivity index (χ3n) is 2.90. The Hall–Kier alpha value is -0.830. The van der Waals surface area contributed by atoms with Gasteiger partial charge in [-0.1, -0.05) is 36.2 Å². The van der Waals surface area contributed by atoms with Crippen molar-refractivity contribution in [2.45, 2.75) is 33.1 Å². The molecule has 0 aliphatic rings. The normalized spacial score (nSPS) is 12.2. The van der Waals surface area contributed by atoms with Crippen LogP contribution in [0.5, 0.6) is 5.75 Å². The second-order valence-corrected chi connectivity index (χ2v) is 5.30. The zero-order valence-corrected chi connectivity index (χ0v) is 12.2. The molecule has 0 amide bonds. The number of ether oxygens (including phenoxy) is 1. The summed E-state index contributed by atoms with van der Waals surface area (Å²) in [6.07, 6.45) is 2.14. The molecule has 0 spiro atoms. The lowest BCUT2D eigenvalue weighted by Gasteiger charge is -2.10. The summed E-state index contributed by atoms with van der Waals surface area (Å²) in [5, 5.41) is 0. The zero-order chi connectivity index (χ0) is 12.8. The maximum Gasteiger partial charge on any atom is 0.137 e. The van der Waals surface area contributed by atoms with Gasteiger partial charge in [0, 0.05) is 22.9 Å². The minimum Gasteiger partial charge on any atom is -0.496 e. The number of carbonyl (C=O) groups excluding carboxylic acids is 1. The first-order valence-electron chi connectivity index (χ1n) is 5.91. The quantitative estimate of drug-likeness (QED) is 0.793. The van der Waals surface area contributed by atoms with E-state index in [0.717, 1.165) is 22.2 Å². The molecule has 1 aromatic rings. The van der Waals surface area contributed by atoms with Crippen LogP contribution in [-0.4, -0.2) is 12.9 Å². The lowest BCUT2D eigenvalue weighted by molar-refractivity contribution is -0.119. The van der Waals surface area contributed by atoms with Crippen molar-refractivity contribution >= 4 is 21.7 Å². The van der Waals surface area contributed by atoms with Crippen LogP contribution < -0.4 is 4.74 Å². The second-order valence-electron chi connectivity index (χ2n) is 4.39. The molecule has 0 aliphatic heterocycles. The average molecular weight is 299 g/mol. The van der Waals surface area contributed by atoms with Crippen molar-refractivity contribution in [1.82, 2.24) is 0 Å². The Bertz CT molecular complexity index is 388. The summed E-state index contributed by atoms with van der Waals surface area (Å²) >= 11 is 3.41. The van der Waals surface area contributed by atoms with Crippen molar-refractivity contribution in [3.8, 4) is 5.75 Å². The molecule has 2 nitrogen and oxygen atoms in total. The van der Waals surface area contributed by atoms with E-state index in [4.69, 9.17) is 4.74 Å². The first-order valence-corrected chi connectivity index (χ1v) is 6.70. The van der Waals surface area contributed by atoms with E-state index in [0.29, 0.717) is 18.8 Å². The standard InChI is InChI=1S/C14H19BrO2/c1-4-10(2)7-13(16)9-11-8-12(15)5-6-14(11)17-3/h5-6,8,10H,4,7,9H2,1-3H3. The molecule has 0 saturated heterocycles. The fourth-order valence-corrected chi connectivity index (χ4v) is 2.11. The maximum atomic E-state index is 11.9. The number of hydrogen-bond donors (Lipinski definition) is 0. The molecule has 0 saturated carbocycles. The number of benzene rings is 1. The van der Waals surface area contributed by atoms with E-state index in [1.165, 1.54) is 0 Å². The maximum absolute atomic E-state index is 11.9. The highest BCUT2D eigenvalue weighted by molar-refractivity contribution is 9.10. The Morgan fingerprint density at radius 1 is 1.47 bits per heavy atom. The van der Waals surface area contributed by atoms with E-state index in [9.17, 15) is 4.79 Å². The van der Waals surface area contributed by atoms with Gasteiger partial charge in [-0.25, -0.2) is 0 Å². The number of Topliss-reactive ketones (excluding diaryl/α,β-unsaturated/α-hetero) is 1. The van der Waals surface area contributed by atoms with Crippen LogP contribution in [0.15, 0.2) is 22.7 Å². The molecule has 1 rings (SSSR count). The van der Waals surface area contributed by atoms with Crippen molar-refractivity contribution in [1.29, 1.82) is 0 Å².